The molecule has 5 rings (SSSR count). The third kappa shape index (κ3) is 4.43. The highest BCUT2D eigenvalue weighted by Crippen LogP contribution is 2.28. The Kier molecular flexibility index (Phi) is 6.42. The van der Waals surface area contributed by atoms with Crippen molar-refractivity contribution in [1.82, 2.24) is 15.2 Å². The number of aliphatic hydroxyl groups excluding tert-OH is 1. The Hall–Kier alpha value is -3.82. The Morgan fingerprint density at radius 1 is 1.25 bits per heavy atom. The molecular formula is C26H24ClN3O6. The Bertz CT molecular complexity index is 1540. The third-order valence-corrected chi connectivity index (χ3v) is 6.89. The summed E-state index contributed by atoms with van der Waals surface area (Å²) in [5.41, 5.74) is 3.39. The van der Waals surface area contributed by atoms with Gasteiger partial charge in [-0.1, -0.05) is 29.8 Å². The summed E-state index contributed by atoms with van der Waals surface area (Å²) in [4.78, 5) is 42.3. The number of aryl methyl sites for hydroxylation is 1. The maximum atomic E-state index is 13.0. The Morgan fingerprint density at radius 2 is 2.06 bits per heavy atom. The number of hydrogen-bond donors (Lipinski definition) is 3. The number of nitrogens with one attached hydrogen (secondary N) is 2. The number of aliphatic hydroxyl groups is 1. The molecule has 3 heterocycles. The third-order valence-electron chi connectivity index (χ3n) is 6.45. The van der Waals surface area contributed by atoms with Gasteiger partial charge in [-0.15, -0.1) is 0 Å². The zero-order valence-electron chi connectivity index (χ0n) is 19.5. The van der Waals surface area contributed by atoms with Crippen LogP contribution in [0.5, 0.6) is 5.75 Å². The van der Waals surface area contributed by atoms with Crippen LogP contribution in [0.2, 0.25) is 5.02 Å². The van der Waals surface area contributed by atoms with Crippen LogP contribution in [0.15, 0.2) is 51.7 Å². The SMILES string of the molecule is Cc1c(Cl)c(=O)oc2cc(OCC(=O)NC(CO)C(=O)N3CCc4c([nH]c5ccccc45)C3)ccc12. The summed E-state index contributed by atoms with van der Waals surface area (Å²) in [5.74, 6) is -0.633. The molecule has 0 saturated carbocycles. The van der Waals surface area contributed by atoms with E-state index in [0.717, 1.165) is 16.6 Å². The van der Waals surface area contributed by atoms with Gasteiger partial charge in [0.15, 0.2) is 6.61 Å². The molecule has 1 aliphatic heterocycles. The number of halogens is 1. The summed E-state index contributed by atoms with van der Waals surface area (Å²) in [6, 6.07) is 11.7. The van der Waals surface area contributed by atoms with Crippen molar-refractivity contribution in [2.75, 3.05) is 19.8 Å². The van der Waals surface area contributed by atoms with Crippen LogP contribution < -0.4 is 15.7 Å². The molecule has 2 aromatic carbocycles. The van der Waals surface area contributed by atoms with E-state index in [1.165, 1.54) is 11.6 Å². The van der Waals surface area contributed by atoms with Crippen molar-refractivity contribution in [3.8, 4) is 5.75 Å². The molecular weight excluding hydrogens is 486 g/mol. The molecule has 0 fully saturated rings. The second kappa shape index (κ2) is 9.67. The number of fused-ring (bicyclic) bond motifs is 4. The van der Waals surface area contributed by atoms with Gasteiger partial charge in [0.1, 0.15) is 22.4 Å². The van der Waals surface area contributed by atoms with Crippen molar-refractivity contribution in [3.05, 3.63) is 74.7 Å². The Morgan fingerprint density at radius 3 is 2.86 bits per heavy atom. The number of carbonyl (C=O) groups excluding carboxylic acids is 2. The van der Waals surface area contributed by atoms with Crippen LogP contribution in [0.1, 0.15) is 16.8 Å². The van der Waals surface area contributed by atoms with E-state index in [1.807, 2.05) is 18.2 Å². The lowest BCUT2D eigenvalue weighted by Gasteiger charge is -2.30. The molecule has 3 N–H and O–H groups in total. The molecule has 2 aromatic heterocycles. The van der Waals surface area contributed by atoms with Gasteiger partial charge in [0.25, 0.3) is 5.91 Å². The number of aromatic amines is 1. The monoisotopic (exact) mass is 509 g/mol. The molecule has 2 amide bonds. The number of hydrogen-bond acceptors (Lipinski definition) is 6. The standard InChI is InChI=1S/C26H24ClN3O6/c1-14-16-7-6-15(10-22(16)36-26(34)24(14)27)35-13-23(32)29-21(12-31)25(33)30-9-8-18-17-4-2-3-5-19(17)28-20(18)11-30/h2-7,10,21,28,31H,8-9,11-13H2,1H3,(H,29,32). The Labute approximate surface area is 210 Å². The van der Waals surface area contributed by atoms with Gasteiger partial charge in [-0.3, -0.25) is 9.59 Å². The van der Waals surface area contributed by atoms with Crippen LogP contribution in [-0.2, 0) is 22.6 Å². The van der Waals surface area contributed by atoms with Gasteiger partial charge < -0.3 is 29.5 Å². The minimum absolute atomic E-state index is 0.0183. The largest absolute Gasteiger partial charge is 0.484 e. The second-order valence-electron chi connectivity index (χ2n) is 8.72. The normalized spacial score (nSPS) is 14.0. The first-order chi connectivity index (χ1) is 17.4. The molecule has 1 unspecified atom stereocenters. The zero-order valence-corrected chi connectivity index (χ0v) is 20.2. The molecule has 4 aromatic rings. The van der Waals surface area contributed by atoms with E-state index < -0.39 is 30.8 Å². The van der Waals surface area contributed by atoms with Gasteiger partial charge in [0.05, 0.1) is 13.2 Å². The zero-order chi connectivity index (χ0) is 25.4. The first kappa shape index (κ1) is 23.9. The average Bonchev–Trinajstić information content (AvgIpc) is 3.26. The average molecular weight is 510 g/mol. The summed E-state index contributed by atoms with van der Waals surface area (Å²) in [5, 5.41) is 14.2. The van der Waals surface area contributed by atoms with Gasteiger partial charge >= 0.3 is 5.63 Å². The van der Waals surface area contributed by atoms with Gasteiger partial charge in [0.2, 0.25) is 5.91 Å². The molecule has 36 heavy (non-hydrogen) atoms. The van der Waals surface area contributed by atoms with Crippen LogP contribution in [0.25, 0.3) is 21.9 Å². The maximum Gasteiger partial charge on any atom is 0.355 e. The quantitative estimate of drug-likeness (QED) is 0.343. The molecule has 1 aliphatic rings. The number of rotatable bonds is 6. The number of carbonyl (C=O) groups is 2. The van der Waals surface area contributed by atoms with Gasteiger partial charge in [-0.05, 0) is 42.7 Å². The van der Waals surface area contributed by atoms with Gasteiger partial charge in [-0.25, -0.2) is 4.79 Å². The predicted octanol–water partition coefficient (Wildman–Crippen LogP) is 2.68. The molecule has 0 spiro atoms. The van der Waals surface area contributed by atoms with E-state index in [-0.39, 0.29) is 16.5 Å². The number of aromatic nitrogens is 1. The summed E-state index contributed by atoms with van der Waals surface area (Å²) in [6.45, 7) is 1.64. The fraction of sp³-hybridized carbons (Fsp3) is 0.269. The predicted molar refractivity (Wildman–Crippen MR) is 134 cm³/mol. The highest BCUT2D eigenvalue weighted by Gasteiger charge is 2.29. The number of amides is 2. The van der Waals surface area contributed by atoms with Crippen molar-refractivity contribution in [2.24, 2.45) is 0 Å². The first-order valence-electron chi connectivity index (χ1n) is 11.5. The smallest absolute Gasteiger partial charge is 0.355 e. The van der Waals surface area contributed by atoms with Crippen molar-refractivity contribution in [1.29, 1.82) is 0 Å². The van der Waals surface area contributed by atoms with E-state index in [4.69, 9.17) is 20.8 Å². The summed E-state index contributed by atoms with van der Waals surface area (Å²) < 4.78 is 10.7. The lowest BCUT2D eigenvalue weighted by molar-refractivity contribution is -0.138. The fourth-order valence-electron chi connectivity index (χ4n) is 4.57. The van der Waals surface area contributed by atoms with Crippen molar-refractivity contribution >= 4 is 45.3 Å². The first-order valence-corrected chi connectivity index (χ1v) is 11.9. The van der Waals surface area contributed by atoms with Crippen LogP contribution in [-0.4, -0.2) is 52.6 Å². The van der Waals surface area contributed by atoms with Crippen molar-refractivity contribution in [2.45, 2.75) is 25.9 Å². The van der Waals surface area contributed by atoms with Crippen LogP contribution in [0.3, 0.4) is 0 Å². The second-order valence-corrected chi connectivity index (χ2v) is 9.09. The van der Waals surface area contributed by atoms with Gasteiger partial charge in [0, 0.05) is 34.6 Å². The van der Waals surface area contributed by atoms with E-state index in [9.17, 15) is 19.5 Å². The van der Waals surface area contributed by atoms with Gasteiger partial charge in [-0.2, -0.15) is 0 Å². The fourth-order valence-corrected chi connectivity index (χ4v) is 4.71. The van der Waals surface area contributed by atoms with E-state index in [1.54, 1.807) is 24.0 Å². The van der Waals surface area contributed by atoms with Crippen LogP contribution in [0, 0.1) is 6.92 Å². The van der Waals surface area contributed by atoms with Crippen LogP contribution >= 0.6 is 11.6 Å². The highest BCUT2D eigenvalue weighted by atomic mass is 35.5. The van der Waals surface area contributed by atoms with E-state index in [0.29, 0.717) is 36.2 Å². The molecule has 0 bridgehead atoms. The number of H-pyrrole nitrogens is 1. The molecule has 0 radical (unpaired) electrons. The highest BCUT2D eigenvalue weighted by molar-refractivity contribution is 6.31. The summed E-state index contributed by atoms with van der Waals surface area (Å²) in [7, 11) is 0. The molecule has 186 valence electrons. The van der Waals surface area contributed by atoms with Crippen LogP contribution in [0.4, 0.5) is 0 Å². The summed E-state index contributed by atoms with van der Waals surface area (Å²) in [6.07, 6.45) is 0.684. The lowest BCUT2D eigenvalue weighted by atomic mass is 10.0. The Balaban J connectivity index is 1.21. The van der Waals surface area contributed by atoms with Crippen molar-refractivity contribution in [3.63, 3.8) is 0 Å². The number of para-hydroxylation sites is 1. The van der Waals surface area contributed by atoms with E-state index >= 15 is 0 Å². The minimum atomic E-state index is -1.09. The minimum Gasteiger partial charge on any atom is -0.484 e. The van der Waals surface area contributed by atoms with Crippen molar-refractivity contribution < 1.29 is 23.8 Å². The molecule has 0 saturated heterocycles. The molecule has 10 heteroatoms. The molecule has 0 aliphatic carbocycles. The number of ether oxygens (including phenoxy) is 1. The maximum absolute atomic E-state index is 13.0. The summed E-state index contributed by atoms with van der Waals surface area (Å²) >= 11 is 5.94. The molecule has 1 atom stereocenters. The lowest BCUT2D eigenvalue weighted by Crippen LogP contribution is -2.52. The molecule has 9 nitrogen and oxygen atoms in total. The topological polar surface area (TPSA) is 125 Å². The number of benzene rings is 2. The van der Waals surface area contributed by atoms with E-state index in [2.05, 4.69) is 16.4 Å². The number of nitrogens with zero attached hydrogens (tertiary/aromatic N) is 1.